The molecule has 3 aromatic rings. The van der Waals surface area contributed by atoms with Crippen LogP contribution in [-0.4, -0.2) is 24.2 Å². The molecule has 1 heterocycles. The van der Waals surface area contributed by atoms with Crippen molar-refractivity contribution < 1.29 is 19.0 Å². The number of benzene rings is 2. The highest BCUT2D eigenvalue weighted by molar-refractivity contribution is 5.76. The van der Waals surface area contributed by atoms with Gasteiger partial charge in [0.1, 0.15) is 5.75 Å². The largest absolute Gasteiger partial charge is 0.490 e. The number of hydrogen-bond donors (Lipinski definition) is 0. The summed E-state index contributed by atoms with van der Waals surface area (Å²) < 4.78 is 16.8. The van der Waals surface area contributed by atoms with Crippen molar-refractivity contribution >= 4 is 18.1 Å². The highest BCUT2D eigenvalue weighted by atomic mass is 16.6. The molecule has 0 fully saturated rings. The third-order valence-electron chi connectivity index (χ3n) is 4.41. The summed E-state index contributed by atoms with van der Waals surface area (Å²) >= 11 is 0. The minimum absolute atomic E-state index is 0.180. The fourth-order valence-corrected chi connectivity index (χ4v) is 2.96. The zero-order valence-corrected chi connectivity index (χ0v) is 17.4. The summed E-state index contributed by atoms with van der Waals surface area (Å²) in [6.07, 6.45) is 7.44. The lowest BCUT2D eigenvalue weighted by Crippen LogP contribution is -2.18. The maximum absolute atomic E-state index is 12.3. The first-order valence-electron chi connectivity index (χ1n) is 9.81. The number of aromatic nitrogens is 1. The number of aryl methyl sites for hydroxylation is 2. The molecule has 5 heteroatoms. The Morgan fingerprint density at radius 2 is 1.60 bits per heavy atom. The van der Waals surface area contributed by atoms with Gasteiger partial charge in [-0.05, 0) is 67.3 Å². The van der Waals surface area contributed by atoms with Crippen molar-refractivity contribution in [3.8, 4) is 17.2 Å². The maximum atomic E-state index is 12.3. The van der Waals surface area contributed by atoms with Crippen LogP contribution in [0.15, 0.2) is 60.9 Å². The van der Waals surface area contributed by atoms with Crippen LogP contribution < -0.4 is 14.2 Å². The molecule has 0 radical (unpaired) electrons. The average molecular weight is 403 g/mol. The number of hydrogen-bond acceptors (Lipinski definition) is 5. The second-order valence-electron chi connectivity index (χ2n) is 6.74. The van der Waals surface area contributed by atoms with E-state index in [9.17, 15) is 4.79 Å². The molecule has 0 amide bonds. The molecular formula is C25H25NO4. The number of ether oxygens (including phenoxy) is 3. The van der Waals surface area contributed by atoms with E-state index >= 15 is 0 Å². The molecule has 0 bridgehead atoms. The van der Waals surface area contributed by atoms with Crippen molar-refractivity contribution in [3.05, 3.63) is 83.2 Å². The number of pyridine rings is 1. The Labute approximate surface area is 176 Å². The fraction of sp³-hybridized carbons (Fsp3) is 0.200. The first kappa shape index (κ1) is 21.1. The van der Waals surface area contributed by atoms with E-state index in [1.54, 1.807) is 18.5 Å². The second kappa shape index (κ2) is 10.3. The molecule has 3 rings (SSSR count). The number of nitrogens with zero attached hydrogens (tertiary/aromatic N) is 1. The lowest BCUT2D eigenvalue weighted by molar-refractivity contribution is -0.136. The van der Waals surface area contributed by atoms with Crippen molar-refractivity contribution in [2.75, 3.05) is 13.2 Å². The van der Waals surface area contributed by atoms with Crippen molar-refractivity contribution in [3.63, 3.8) is 0 Å². The average Bonchev–Trinajstić information content (AvgIpc) is 2.74. The minimum Gasteiger partial charge on any atom is -0.490 e. The van der Waals surface area contributed by atoms with E-state index in [1.165, 1.54) is 0 Å². The smallest absolute Gasteiger partial charge is 0.349 e. The lowest BCUT2D eigenvalue weighted by atomic mass is 10.1. The zero-order chi connectivity index (χ0) is 21.3. The van der Waals surface area contributed by atoms with Gasteiger partial charge in [0.25, 0.3) is 0 Å². The summed E-state index contributed by atoms with van der Waals surface area (Å²) in [6, 6.07) is 15.1. The maximum Gasteiger partial charge on any atom is 0.349 e. The van der Waals surface area contributed by atoms with E-state index < -0.39 is 5.97 Å². The molecule has 0 aliphatic rings. The van der Waals surface area contributed by atoms with Crippen molar-refractivity contribution in [1.82, 2.24) is 4.98 Å². The van der Waals surface area contributed by atoms with Crippen molar-refractivity contribution in [2.45, 2.75) is 20.8 Å². The summed E-state index contributed by atoms with van der Waals surface area (Å²) in [5.41, 5.74) is 3.93. The summed E-state index contributed by atoms with van der Waals surface area (Å²) in [5, 5.41) is 0. The van der Waals surface area contributed by atoms with Gasteiger partial charge in [0, 0.05) is 12.4 Å². The number of rotatable bonds is 8. The highest BCUT2D eigenvalue weighted by Gasteiger charge is 2.13. The monoisotopic (exact) mass is 403 g/mol. The van der Waals surface area contributed by atoms with Gasteiger partial charge in [-0.15, -0.1) is 0 Å². The van der Waals surface area contributed by atoms with Gasteiger partial charge in [0.15, 0.2) is 18.1 Å². The molecule has 2 aromatic carbocycles. The fourth-order valence-electron chi connectivity index (χ4n) is 2.96. The van der Waals surface area contributed by atoms with Gasteiger partial charge in [0.2, 0.25) is 0 Å². The normalized spacial score (nSPS) is 10.8. The minimum atomic E-state index is -0.487. The van der Waals surface area contributed by atoms with E-state index in [1.807, 2.05) is 75.4 Å². The Morgan fingerprint density at radius 3 is 2.30 bits per heavy atom. The van der Waals surface area contributed by atoms with Gasteiger partial charge in [0.05, 0.1) is 6.61 Å². The van der Waals surface area contributed by atoms with Crippen LogP contribution in [0.4, 0.5) is 0 Å². The standard InChI is InChI=1S/C25H25NO4/c1-4-28-23-16-21(9-8-20-12-14-26-15-13-20)10-11-22(23)30-24(27)17-29-25-18(2)6-5-7-19(25)3/h5-16H,4,17H2,1-3H3/b9-8+. The molecule has 0 aliphatic carbocycles. The molecule has 0 N–H and O–H groups in total. The number of carbonyl (C=O) groups excluding carboxylic acids is 1. The van der Waals surface area contributed by atoms with Gasteiger partial charge in [-0.3, -0.25) is 4.98 Å². The summed E-state index contributed by atoms with van der Waals surface area (Å²) in [4.78, 5) is 16.3. The summed E-state index contributed by atoms with van der Waals surface area (Å²) in [5.74, 6) is 1.09. The van der Waals surface area contributed by atoms with Gasteiger partial charge < -0.3 is 14.2 Å². The number of para-hydroxylation sites is 1. The molecule has 0 saturated heterocycles. The number of esters is 1. The van der Waals surface area contributed by atoms with E-state index in [0.717, 1.165) is 22.3 Å². The SMILES string of the molecule is CCOc1cc(/C=C/c2ccncc2)ccc1OC(=O)COc1c(C)cccc1C. The molecule has 1 aromatic heterocycles. The molecule has 30 heavy (non-hydrogen) atoms. The molecule has 0 atom stereocenters. The van der Waals surface area contributed by atoms with Crippen LogP contribution in [0, 0.1) is 13.8 Å². The molecule has 154 valence electrons. The third kappa shape index (κ3) is 5.70. The lowest BCUT2D eigenvalue weighted by Gasteiger charge is -2.13. The van der Waals surface area contributed by atoms with Crippen LogP contribution in [0.1, 0.15) is 29.2 Å². The van der Waals surface area contributed by atoms with Crippen LogP contribution in [0.5, 0.6) is 17.2 Å². The Balaban J connectivity index is 1.68. The zero-order valence-electron chi connectivity index (χ0n) is 17.4. The third-order valence-corrected chi connectivity index (χ3v) is 4.41. The van der Waals surface area contributed by atoms with Crippen LogP contribution in [0.25, 0.3) is 12.2 Å². The topological polar surface area (TPSA) is 57.7 Å². The molecule has 0 saturated carbocycles. The Bertz CT molecular complexity index is 1010. The Hall–Kier alpha value is -3.60. The van der Waals surface area contributed by atoms with E-state index in [-0.39, 0.29) is 6.61 Å². The van der Waals surface area contributed by atoms with Crippen molar-refractivity contribution in [1.29, 1.82) is 0 Å². The summed E-state index contributed by atoms with van der Waals surface area (Å²) in [7, 11) is 0. The van der Waals surface area contributed by atoms with Gasteiger partial charge in [-0.2, -0.15) is 0 Å². The second-order valence-corrected chi connectivity index (χ2v) is 6.74. The molecule has 0 aliphatic heterocycles. The van der Waals surface area contributed by atoms with Gasteiger partial charge in [-0.25, -0.2) is 4.79 Å². The van der Waals surface area contributed by atoms with Crippen LogP contribution in [0.3, 0.4) is 0 Å². The molecule has 0 unspecified atom stereocenters. The van der Waals surface area contributed by atoms with Crippen LogP contribution in [-0.2, 0) is 4.79 Å². The van der Waals surface area contributed by atoms with Crippen molar-refractivity contribution in [2.24, 2.45) is 0 Å². The molecule has 0 spiro atoms. The molecular weight excluding hydrogens is 378 g/mol. The predicted octanol–water partition coefficient (Wildman–Crippen LogP) is 5.25. The van der Waals surface area contributed by atoms with Gasteiger partial charge >= 0.3 is 5.97 Å². The van der Waals surface area contributed by atoms with E-state index in [4.69, 9.17) is 14.2 Å². The quantitative estimate of drug-likeness (QED) is 0.380. The number of carbonyl (C=O) groups is 1. The van der Waals surface area contributed by atoms with E-state index in [0.29, 0.717) is 23.9 Å². The van der Waals surface area contributed by atoms with Crippen LogP contribution in [0.2, 0.25) is 0 Å². The van der Waals surface area contributed by atoms with E-state index in [2.05, 4.69) is 4.98 Å². The Kier molecular flexibility index (Phi) is 7.22. The summed E-state index contributed by atoms with van der Waals surface area (Å²) in [6.45, 7) is 6.05. The van der Waals surface area contributed by atoms with Crippen LogP contribution >= 0.6 is 0 Å². The first-order chi connectivity index (χ1) is 14.6. The van der Waals surface area contributed by atoms with Gasteiger partial charge in [-0.1, -0.05) is 36.4 Å². The molecule has 5 nitrogen and oxygen atoms in total. The highest BCUT2D eigenvalue weighted by Crippen LogP contribution is 2.30. The Morgan fingerprint density at radius 1 is 0.900 bits per heavy atom. The first-order valence-corrected chi connectivity index (χ1v) is 9.81. The predicted molar refractivity (Wildman–Crippen MR) is 118 cm³/mol.